The molecular formula is C10H6BrF3N2O2. The molecule has 0 bridgehead atoms. The minimum absolute atomic E-state index is 0.0139. The predicted molar refractivity (Wildman–Crippen MR) is 60.0 cm³/mol. The molecule has 0 unspecified atom stereocenters. The summed E-state index contributed by atoms with van der Waals surface area (Å²) in [4.78, 5) is 23.3. The summed E-state index contributed by atoms with van der Waals surface area (Å²) >= 11 is 2.94. The number of carbonyl (C=O) groups is 2. The Morgan fingerprint density at radius 2 is 1.89 bits per heavy atom. The number of halogens is 4. The first kappa shape index (κ1) is 12.9. The third-order valence-corrected chi connectivity index (χ3v) is 2.77. The van der Waals surface area contributed by atoms with E-state index in [1.165, 1.54) is 6.07 Å². The molecule has 1 aromatic rings. The van der Waals surface area contributed by atoms with E-state index in [4.69, 9.17) is 0 Å². The Balaban J connectivity index is 2.43. The van der Waals surface area contributed by atoms with Gasteiger partial charge < -0.3 is 0 Å². The number of urea groups is 1. The molecule has 0 spiro atoms. The second-order valence-electron chi connectivity index (χ2n) is 3.64. The first-order valence-corrected chi connectivity index (χ1v) is 5.56. The lowest BCUT2D eigenvalue weighted by Crippen LogP contribution is -2.28. The van der Waals surface area contributed by atoms with Gasteiger partial charge in [-0.15, -0.1) is 0 Å². The molecule has 96 valence electrons. The molecule has 4 nitrogen and oxygen atoms in total. The molecule has 0 atom stereocenters. The van der Waals surface area contributed by atoms with Gasteiger partial charge in [-0.3, -0.25) is 15.0 Å². The van der Waals surface area contributed by atoms with E-state index in [2.05, 4.69) is 15.9 Å². The van der Waals surface area contributed by atoms with Gasteiger partial charge in [0.05, 0.1) is 5.56 Å². The van der Waals surface area contributed by atoms with Gasteiger partial charge in [0.25, 0.3) is 0 Å². The lowest BCUT2D eigenvalue weighted by molar-refractivity contribution is -0.137. The summed E-state index contributed by atoms with van der Waals surface area (Å²) in [5, 5.41) is 1.99. The zero-order valence-electron chi connectivity index (χ0n) is 8.71. The summed E-state index contributed by atoms with van der Waals surface area (Å²) in [6, 6.07) is 2.33. The highest BCUT2D eigenvalue weighted by Crippen LogP contribution is 2.34. The third-order valence-electron chi connectivity index (χ3n) is 2.31. The van der Waals surface area contributed by atoms with E-state index in [9.17, 15) is 22.8 Å². The molecule has 3 amide bonds. The molecular weight excluding hydrogens is 317 g/mol. The van der Waals surface area contributed by atoms with Crippen LogP contribution in [0.5, 0.6) is 0 Å². The molecule has 18 heavy (non-hydrogen) atoms. The van der Waals surface area contributed by atoms with Crippen LogP contribution in [0.1, 0.15) is 5.56 Å². The fraction of sp³-hybridized carbons (Fsp3) is 0.200. The van der Waals surface area contributed by atoms with Crippen LogP contribution in [0.2, 0.25) is 0 Å². The quantitative estimate of drug-likeness (QED) is 0.808. The van der Waals surface area contributed by atoms with E-state index < -0.39 is 23.7 Å². The minimum Gasteiger partial charge on any atom is -0.285 e. The Kier molecular flexibility index (Phi) is 3.05. The normalized spacial score (nSPS) is 16.1. The van der Waals surface area contributed by atoms with E-state index in [0.29, 0.717) is 0 Å². The van der Waals surface area contributed by atoms with Gasteiger partial charge in [-0.1, -0.05) is 15.9 Å². The third kappa shape index (κ3) is 2.47. The monoisotopic (exact) mass is 322 g/mol. The summed E-state index contributed by atoms with van der Waals surface area (Å²) < 4.78 is 38.0. The number of amides is 3. The Labute approximate surface area is 108 Å². The maximum absolute atomic E-state index is 12.6. The number of benzene rings is 1. The minimum atomic E-state index is -4.52. The second-order valence-corrected chi connectivity index (χ2v) is 4.55. The second kappa shape index (κ2) is 4.27. The van der Waals surface area contributed by atoms with Crippen molar-refractivity contribution in [1.82, 2.24) is 5.32 Å². The molecule has 1 fully saturated rings. The molecule has 1 aliphatic heterocycles. The van der Waals surface area contributed by atoms with Crippen LogP contribution in [0, 0.1) is 0 Å². The summed E-state index contributed by atoms with van der Waals surface area (Å²) in [7, 11) is 0. The number of hydrogen-bond acceptors (Lipinski definition) is 2. The molecule has 1 heterocycles. The molecule has 0 aromatic heterocycles. The molecule has 1 aliphatic rings. The first-order chi connectivity index (χ1) is 8.27. The van der Waals surface area contributed by atoms with Gasteiger partial charge in [-0.05, 0) is 18.2 Å². The van der Waals surface area contributed by atoms with Crippen molar-refractivity contribution in [3.05, 3.63) is 28.2 Å². The number of carbonyl (C=O) groups excluding carboxylic acids is 2. The average molecular weight is 323 g/mol. The molecule has 1 aromatic carbocycles. The summed E-state index contributed by atoms with van der Waals surface area (Å²) in [6.45, 7) is -0.285. The highest BCUT2D eigenvalue weighted by Gasteiger charge is 2.34. The number of nitrogens with zero attached hydrogens (tertiary/aromatic N) is 1. The van der Waals surface area contributed by atoms with Crippen molar-refractivity contribution in [2.75, 3.05) is 11.4 Å². The zero-order valence-corrected chi connectivity index (χ0v) is 10.3. The number of imide groups is 1. The molecule has 0 aliphatic carbocycles. The maximum Gasteiger partial charge on any atom is 0.416 e. The first-order valence-electron chi connectivity index (χ1n) is 4.76. The number of alkyl halides is 3. The molecule has 0 saturated carbocycles. The van der Waals surface area contributed by atoms with Gasteiger partial charge in [0.15, 0.2) is 0 Å². The van der Waals surface area contributed by atoms with Crippen LogP contribution in [0.15, 0.2) is 22.7 Å². The Morgan fingerprint density at radius 1 is 1.22 bits per heavy atom. The van der Waals surface area contributed by atoms with Gasteiger partial charge in [0.2, 0.25) is 5.91 Å². The van der Waals surface area contributed by atoms with Gasteiger partial charge >= 0.3 is 12.2 Å². The Hall–Kier alpha value is -1.57. The predicted octanol–water partition coefficient (Wildman–Crippen LogP) is 2.52. The van der Waals surface area contributed by atoms with E-state index in [1.54, 1.807) is 0 Å². The van der Waals surface area contributed by atoms with Gasteiger partial charge in [-0.25, -0.2) is 4.79 Å². The van der Waals surface area contributed by atoms with E-state index in [-0.39, 0.29) is 16.7 Å². The van der Waals surface area contributed by atoms with Gasteiger partial charge in [-0.2, -0.15) is 13.2 Å². The lowest BCUT2D eigenvalue weighted by Gasteiger charge is -2.16. The standard InChI is InChI=1S/C10H6BrF3N2O2/c11-6-1-5(10(12,13)14)2-7(3-6)16-4-8(17)15-9(16)18/h1-3H,4H2,(H,15,17,18). The van der Waals surface area contributed by atoms with Crippen LogP contribution < -0.4 is 10.2 Å². The van der Waals surface area contributed by atoms with Crippen molar-refractivity contribution >= 4 is 33.6 Å². The lowest BCUT2D eigenvalue weighted by atomic mass is 10.2. The molecule has 0 radical (unpaired) electrons. The highest BCUT2D eigenvalue weighted by atomic mass is 79.9. The summed E-state index contributed by atoms with van der Waals surface area (Å²) in [5.74, 6) is -0.548. The van der Waals surface area contributed by atoms with Gasteiger partial charge in [0, 0.05) is 10.2 Å². The molecule has 8 heteroatoms. The van der Waals surface area contributed by atoms with Crippen molar-refractivity contribution in [3.63, 3.8) is 0 Å². The number of hydrogen-bond donors (Lipinski definition) is 1. The van der Waals surface area contributed by atoms with Crippen molar-refractivity contribution in [3.8, 4) is 0 Å². The van der Waals surface area contributed by atoms with Crippen molar-refractivity contribution in [2.45, 2.75) is 6.18 Å². The highest BCUT2D eigenvalue weighted by molar-refractivity contribution is 9.10. The van der Waals surface area contributed by atoms with Crippen LogP contribution in [-0.2, 0) is 11.0 Å². The van der Waals surface area contributed by atoms with E-state index in [0.717, 1.165) is 17.0 Å². The van der Waals surface area contributed by atoms with E-state index >= 15 is 0 Å². The maximum atomic E-state index is 12.6. The number of nitrogens with one attached hydrogen (secondary N) is 1. The topological polar surface area (TPSA) is 49.4 Å². The van der Waals surface area contributed by atoms with Crippen LogP contribution in [0.4, 0.5) is 23.7 Å². The SMILES string of the molecule is O=C1CN(c2cc(Br)cc(C(F)(F)F)c2)C(=O)N1. The van der Waals surface area contributed by atoms with Crippen LogP contribution in [0.25, 0.3) is 0 Å². The van der Waals surface area contributed by atoms with Crippen molar-refractivity contribution in [1.29, 1.82) is 0 Å². The van der Waals surface area contributed by atoms with Crippen LogP contribution in [0.3, 0.4) is 0 Å². The van der Waals surface area contributed by atoms with Crippen molar-refractivity contribution in [2.24, 2.45) is 0 Å². The summed E-state index contributed by atoms with van der Waals surface area (Å²) in [5.41, 5.74) is -0.876. The van der Waals surface area contributed by atoms with E-state index in [1.807, 2.05) is 5.32 Å². The molecule has 1 saturated heterocycles. The largest absolute Gasteiger partial charge is 0.416 e. The average Bonchev–Trinajstić information content (AvgIpc) is 2.55. The zero-order chi connectivity index (χ0) is 13.5. The molecule has 2 rings (SSSR count). The smallest absolute Gasteiger partial charge is 0.285 e. The number of anilines is 1. The number of rotatable bonds is 1. The fourth-order valence-electron chi connectivity index (χ4n) is 1.54. The Bertz CT molecular complexity index is 530. The van der Waals surface area contributed by atoms with Crippen molar-refractivity contribution < 1.29 is 22.8 Å². The fourth-order valence-corrected chi connectivity index (χ4v) is 2.03. The summed E-state index contributed by atoms with van der Waals surface area (Å²) in [6.07, 6.45) is -4.52. The molecule has 1 N–H and O–H groups in total. The van der Waals surface area contributed by atoms with Gasteiger partial charge in [0.1, 0.15) is 6.54 Å². The van der Waals surface area contributed by atoms with Crippen LogP contribution in [-0.4, -0.2) is 18.5 Å². The Morgan fingerprint density at radius 3 is 2.39 bits per heavy atom. The van der Waals surface area contributed by atoms with Crippen LogP contribution >= 0.6 is 15.9 Å².